The summed E-state index contributed by atoms with van der Waals surface area (Å²) in [6.45, 7) is 8.74. The highest BCUT2D eigenvalue weighted by molar-refractivity contribution is 5.94. The van der Waals surface area contributed by atoms with Gasteiger partial charge in [0.05, 0.1) is 5.56 Å². The molecule has 104 valence electrons. The molecule has 1 aliphatic rings. The van der Waals surface area contributed by atoms with Crippen molar-refractivity contribution in [2.45, 2.75) is 13.8 Å². The fraction of sp³-hybridized carbons (Fsp3) is 0.571. The predicted octanol–water partition coefficient (Wildman–Crippen LogP) is 0.877. The van der Waals surface area contributed by atoms with Crippen LogP contribution in [0.1, 0.15) is 24.2 Å². The van der Waals surface area contributed by atoms with Crippen LogP contribution in [0.4, 0.5) is 5.82 Å². The van der Waals surface area contributed by atoms with Gasteiger partial charge in [0, 0.05) is 38.9 Å². The van der Waals surface area contributed by atoms with Gasteiger partial charge in [0.25, 0.3) is 5.91 Å². The number of anilines is 1. The van der Waals surface area contributed by atoms with Gasteiger partial charge in [0.15, 0.2) is 0 Å². The lowest BCUT2D eigenvalue weighted by Gasteiger charge is -2.28. The van der Waals surface area contributed by atoms with E-state index in [4.69, 9.17) is 0 Å². The fourth-order valence-electron chi connectivity index (χ4n) is 2.00. The first kappa shape index (κ1) is 13.8. The zero-order valence-electron chi connectivity index (χ0n) is 11.6. The number of carbonyl (C=O) groups excluding carboxylic acids is 1. The topological polar surface area (TPSA) is 57.3 Å². The van der Waals surface area contributed by atoms with Gasteiger partial charge in [-0.25, -0.2) is 4.98 Å². The van der Waals surface area contributed by atoms with Crippen molar-refractivity contribution in [3.8, 4) is 0 Å². The Hall–Kier alpha value is -1.62. The minimum Gasteiger partial charge on any atom is -0.354 e. The van der Waals surface area contributed by atoms with Gasteiger partial charge in [-0.05, 0) is 18.1 Å². The molecular weight excluding hydrogens is 240 g/mol. The smallest absolute Gasteiger partial charge is 0.252 e. The van der Waals surface area contributed by atoms with Crippen molar-refractivity contribution < 1.29 is 4.79 Å². The molecule has 1 aromatic rings. The molecule has 1 aliphatic heterocycles. The van der Waals surface area contributed by atoms with Gasteiger partial charge >= 0.3 is 0 Å². The van der Waals surface area contributed by atoms with Crippen LogP contribution in [0.5, 0.6) is 0 Å². The highest BCUT2D eigenvalue weighted by Crippen LogP contribution is 2.11. The number of nitrogens with one attached hydrogen (secondary N) is 2. The molecule has 2 N–H and O–H groups in total. The van der Waals surface area contributed by atoms with E-state index in [0.717, 1.165) is 32.0 Å². The Bertz CT molecular complexity index is 410. The quantitative estimate of drug-likeness (QED) is 0.845. The van der Waals surface area contributed by atoms with Gasteiger partial charge in [-0.1, -0.05) is 13.8 Å². The summed E-state index contributed by atoms with van der Waals surface area (Å²) >= 11 is 0. The van der Waals surface area contributed by atoms with Crippen molar-refractivity contribution in [3.63, 3.8) is 0 Å². The maximum Gasteiger partial charge on any atom is 0.252 e. The number of nitrogens with zero attached hydrogens (tertiary/aromatic N) is 2. The van der Waals surface area contributed by atoms with Gasteiger partial charge in [-0.15, -0.1) is 0 Å². The molecular formula is C14H22N4O. The Morgan fingerprint density at radius 2 is 2.16 bits per heavy atom. The van der Waals surface area contributed by atoms with Crippen molar-refractivity contribution in [1.29, 1.82) is 0 Å². The van der Waals surface area contributed by atoms with Crippen LogP contribution in [0.15, 0.2) is 18.3 Å². The molecule has 0 unspecified atom stereocenters. The predicted molar refractivity (Wildman–Crippen MR) is 76.5 cm³/mol. The van der Waals surface area contributed by atoms with Crippen molar-refractivity contribution in [3.05, 3.63) is 23.9 Å². The molecule has 0 aliphatic carbocycles. The van der Waals surface area contributed by atoms with Crippen molar-refractivity contribution in [1.82, 2.24) is 15.6 Å². The third-order valence-corrected chi connectivity index (χ3v) is 3.12. The third kappa shape index (κ3) is 3.92. The Morgan fingerprint density at radius 3 is 2.74 bits per heavy atom. The zero-order valence-corrected chi connectivity index (χ0v) is 11.6. The monoisotopic (exact) mass is 262 g/mol. The van der Waals surface area contributed by atoms with Gasteiger partial charge < -0.3 is 15.5 Å². The van der Waals surface area contributed by atoms with Crippen molar-refractivity contribution >= 4 is 11.7 Å². The lowest BCUT2D eigenvalue weighted by Crippen LogP contribution is -2.43. The summed E-state index contributed by atoms with van der Waals surface area (Å²) in [6.07, 6.45) is 1.66. The molecule has 5 heteroatoms. The molecule has 1 aromatic heterocycles. The summed E-state index contributed by atoms with van der Waals surface area (Å²) in [5, 5.41) is 6.20. The van der Waals surface area contributed by atoms with E-state index in [1.54, 1.807) is 6.20 Å². The Kier molecular flexibility index (Phi) is 4.74. The highest BCUT2D eigenvalue weighted by atomic mass is 16.1. The molecule has 0 atom stereocenters. The Morgan fingerprint density at radius 1 is 1.42 bits per heavy atom. The average Bonchev–Trinajstić information content (AvgIpc) is 2.46. The summed E-state index contributed by atoms with van der Waals surface area (Å²) in [7, 11) is 0. The molecule has 0 spiro atoms. The van der Waals surface area contributed by atoms with Crippen LogP contribution in [0.25, 0.3) is 0 Å². The second-order valence-corrected chi connectivity index (χ2v) is 5.25. The van der Waals surface area contributed by atoms with E-state index in [1.807, 2.05) is 12.1 Å². The first-order chi connectivity index (χ1) is 9.16. The summed E-state index contributed by atoms with van der Waals surface area (Å²) in [4.78, 5) is 18.5. The minimum atomic E-state index is -0.0481. The standard InChI is InChI=1S/C14H22N4O/c1-11(2)9-17-14(19)12-3-4-13(16-10-12)18-7-5-15-6-8-18/h3-4,10-11,15H,5-9H2,1-2H3,(H,17,19). The van der Waals surface area contributed by atoms with Crippen molar-refractivity contribution in [2.24, 2.45) is 5.92 Å². The van der Waals surface area contributed by atoms with Crippen LogP contribution < -0.4 is 15.5 Å². The van der Waals surface area contributed by atoms with Crippen LogP contribution in [0.3, 0.4) is 0 Å². The van der Waals surface area contributed by atoms with Gasteiger partial charge in [0.1, 0.15) is 5.82 Å². The Balaban J connectivity index is 1.95. The number of hydrogen-bond donors (Lipinski definition) is 2. The summed E-state index contributed by atoms with van der Waals surface area (Å²) in [5.74, 6) is 1.35. The maximum atomic E-state index is 11.9. The van der Waals surface area contributed by atoms with E-state index in [1.165, 1.54) is 0 Å². The third-order valence-electron chi connectivity index (χ3n) is 3.12. The van der Waals surface area contributed by atoms with E-state index >= 15 is 0 Å². The van der Waals surface area contributed by atoms with Crippen LogP contribution in [0.2, 0.25) is 0 Å². The van der Waals surface area contributed by atoms with Crippen LogP contribution in [0, 0.1) is 5.92 Å². The first-order valence-corrected chi connectivity index (χ1v) is 6.86. The molecule has 1 amide bonds. The molecule has 1 fully saturated rings. The first-order valence-electron chi connectivity index (χ1n) is 6.86. The van der Waals surface area contributed by atoms with Crippen molar-refractivity contribution in [2.75, 3.05) is 37.6 Å². The van der Waals surface area contributed by atoms with Crippen LogP contribution in [-0.2, 0) is 0 Å². The Labute approximate surface area is 114 Å². The van der Waals surface area contributed by atoms with E-state index in [9.17, 15) is 4.79 Å². The SMILES string of the molecule is CC(C)CNC(=O)c1ccc(N2CCNCC2)nc1. The number of amides is 1. The van der Waals surface area contributed by atoms with E-state index in [-0.39, 0.29) is 5.91 Å². The lowest BCUT2D eigenvalue weighted by molar-refractivity contribution is 0.0948. The molecule has 2 rings (SSSR count). The molecule has 0 radical (unpaired) electrons. The van der Waals surface area contributed by atoms with Gasteiger partial charge in [0.2, 0.25) is 0 Å². The largest absolute Gasteiger partial charge is 0.354 e. The summed E-state index contributed by atoms with van der Waals surface area (Å²) < 4.78 is 0. The molecule has 2 heterocycles. The molecule has 5 nitrogen and oxygen atoms in total. The zero-order chi connectivity index (χ0) is 13.7. The van der Waals surface area contributed by atoms with E-state index < -0.39 is 0 Å². The highest BCUT2D eigenvalue weighted by Gasteiger charge is 2.12. The van der Waals surface area contributed by atoms with Crippen LogP contribution in [-0.4, -0.2) is 43.6 Å². The summed E-state index contributed by atoms with van der Waals surface area (Å²) in [5.41, 5.74) is 0.625. The van der Waals surface area contributed by atoms with Gasteiger partial charge in [-0.2, -0.15) is 0 Å². The average molecular weight is 262 g/mol. The number of aromatic nitrogens is 1. The van der Waals surface area contributed by atoms with E-state index in [2.05, 4.69) is 34.4 Å². The molecule has 0 saturated carbocycles. The molecule has 0 aromatic carbocycles. The number of rotatable bonds is 4. The fourth-order valence-corrected chi connectivity index (χ4v) is 2.00. The molecule has 0 bridgehead atoms. The minimum absolute atomic E-state index is 0.0481. The number of carbonyl (C=O) groups is 1. The number of pyridine rings is 1. The van der Waals surface area contributed by atoms with Crippen LogP contribution >= 0.6 is 0 Å². The number of piperazine rings is 1. The second-order valence-electron chi connectivity index (χ2n) is 5.25. The summed E-state index contributed by atoms with van der Waals surface area (Å²) in [6, 6.07) is 3.77. The molecule has 1 saturated heterocycles. The molecule has 19 heavy (non-hydrogen) atoms. The van der Waals surface area contributed by atoms with Gasteiger partial charge in [-0.3, -0.25) is 4.79 Å². The second kappa shape index (κ2) is 6.52. The lowest BCUT2D eigenvalue weighted by atomic mass is 10.2. The maximum absolute atomic E-state index is 11.9. The number of hydrogen-bond acceptors (Lipinski definition) is 4. The normalized spacial score (nSPS) is 15.6. The van der Waals surface area contributed by atoms with E-state index in [0.29, 0.717) is 18.0 Å².